The summed E-state index contributed by atoms with van der Waals surface area (Å²) in [6.45, 7) is 7.65. The van der Waals surface area contributed by atoms with E-state index in [4.69, 9.17) is 26.3 Å². The van der Waals surface area contributed by atoms with E-state index in [1.54, 1.807) is 12.1 Å². The van der Waals surface area contributed by atoms with Crippen LogP contribution < -0.4 is 4.90 Å². The van der Waals surface area contributed by atoms with E-state index in [9.17, 15) is 9.18 Å². The van der Waals surface area contributed by atoms with E-state index < -0.39 is 5.41 Å². The van der Waals surface area contributed by atoms with E-state index in [0.29, 0.717) is 45.0 Å². The van der Waals surface area contributed by atoms with Gasteiger partial charge in [0.2, 0.25) is 5.91 Å². The molecule has 0 spiro atoms. The number of halogens is 2. The third-order valence-electron chi connectivity index (χ3n) is 5.87. The van der Waals surface area contributed by atoms with Crippen LogP contribution in [-0.2, 0) is 28.9 Å². The highest BCUT2D eigenvalue weighted by molar-refractivity contribution is 6.19. The number of hydrogen-bond acceptors (Lipinski definition) is 5. The molecule has 1 fully saturated rings. The molecule has 0 bridgehead atoms. The van der Waals surface area contributed by atoms with Gasteiger partial charge in [-0.1, -0.05) is 12.1 Å². The standard InChI is InChI=1S/C23H28ClFN4O2/c1-23(2,15-24)22(30)29-8-7-19-18(14-29)21(28-9-11-31-12-10-28)27-20(26-19)13-16-3-5-17(25)6-4-16/h3-6H,7-15H2,1-2H3. The molecule has 0 saturated carbocycles. The molecular formula is C23H28ClFN4O2. The van der Waals surface area contributed by atoms with Crippen molar-refractivity contribution in [2.45, 2.75) is 33.2 Å². The van der Waals surface area contributed by atoms with Gasteiger partial charge in [-0.2, -0.15) is 0 Å². The lowest BCUT2D eigenvalue weighted by atomic mass is 9.92. The van der Waals surface area contributed by atoms with Crippen LogP contribution in [0.3, 0.4) is 0 Å². The minimum atomic E-state index is -0.610. The van der Waals surface area contributed by atoms with Gasteiger partial charge in [0.05, 0.1) is 30.9 Å². The van der Waals surface area contributed by atoms with Crippen molar-refractivity contribution >= 4 is 23.3 Å². The summed E-state index contributed by atoms with van der Waals surface area (Å²) in [7, 11) is 0. The Kier molecular flexibility index (Phi) is 6.44. The molecule has 166 valence electrons. The van der Waals surface area contributed by atoms with E-state index >= 15 is 0 Å². The van der Waals surface area contributed by atoms with Crippen LogP contribution in [0.25, 0.3) is 0 Å². The zero-order chi connectivity index (χ0) is 22.0. The molecule has 3 heterocycles. The molecule has 0 atom stereocenters. The second-order valence-corrected chi connectivity index (χ2v) is 9.05. The molecule has 0 N–H and O–H groups in total. The van der Waals surface area contributed by atoms with Crippen LogP contribution in [0.2, 0.25) is 0 Å². The fourth-order valence-electron chi connectivity index (χ4n) is 4.01. The number of amides is 1. The van der Waals surface area contributed by atoms with Crippen molar-refractivity contribution in [3.05, 3.63) is 52.7 Å². The van der Waals surface area contributed by atoms with Gasteiger partial charge < -0.3 is 14.5 Å². The third-order valence-corrected chi connectivity index (χ3v) is 6.54. The maximum absolute atomic E-state index is 13.3. The summed E-state index contributed by atoms with van der Waals surface area (Å²) >= 11 is 6.05. The van der Waals surface area contributed by atoms with Crippen LogP contribution in [0.5, 0.6) is 0 Å². The van der Waals surface area contributed by atoms with Crippen molar-refractivity contribution in [3.63, 3.8) is 0 Å². The summed E-state index contributed by atoms with van der Waals surface area (Å²) in [5.41, 5.74) is 2.35. The van der Waals surface area contributed by atoms with E-state index in [1.165, 1.54) is 12.1 Å². The second kappa shape index (κ2) is 9.09. The van der Waals surface area contributed by atoms with E-state index in [2.05, 4.69) is 4.90 Å². The second-order valence-electron chi connectivity index (χ2n) is 8.79. The number of anilines is 1. The third kappa shape index (κ3) is 4.83. The lowest BCUT2D eigenvalue weighted by Gasteiger charge is -2.37. The zero-order valence-electron chi connectivity index (χ0n) is 18.0. The summed E-state index contributed by atoms with van der Waals surface area (Å²) in [5, 5.41) is 0. The molecule has 1 aromatic carbocycles. The Morgan fingerprint density at radius 2 is 1.87 bits per heavy atom. The Labute approximate surface area is 187 Å². The summed E-state index contributed by atoms with van der Waals surface area (Å²) in [6, 6.07) is 6.44. The van der Waals surface area contributed by atoms with Gasteiger partial charge in [-0.3, -0.25) is 4.79 Å². The van der Waals surface area contributed by atoms with Crippen molar-refractivity contribution in [1.82, 2.24) is 14.9 Å². The van der Waals surface area contributed by atoms with Crippen LogP contribution >= 0.6 is 11.6 Å². The molecule has 31 heavy (non-hydrogen) atoms. The lowest BCUT2D eigenvalue weighted by molar-refractivity contribution is -0.140. The van der Waals surface area contributed by atoms with Crippen LogP contribution in [0, 0.1) is 11.2 Å². The Balaban J connectivity index is 1.67. The first-order valence-electron chi connectivity index (χ1n) is 10.7. The van der Waals surface area contributed by atoms with Crippen molar-refractivity contribution in [2.75, 3.05) is 43.6 Å². The topological polar surface area (TPSA) is 58.6 Å². The van der Waals surface area contributed by atoms with E-state index in [-0.39, 0.29) is 17.6 Å². The summed E-state index contributed by atoms with van der Waals surface area (Å²) < 4.78 is 18.8. The number of alkyl halides is 1. The number of morpholine rings is 1. The van der Waals surface area contributed by atoms with Gasteiger partial charge in [-0.15, -0.1) is 11.6 Å². The predicted octanol–water partition coefficient (Wildman–Crippen LogP) is 3.19. The Morgan fingerprint density at radius 3 is 2.55 bits per heavy atom. The first-order chi connectivity index (χ1) is 14.9. The monoisotopic (exact) mass is 446 g/mol. The number of aromatic nitrogens is 2. The zero-order valence-corrected chi connectivity index (χ0v) is 18.8. The minimum absolute atomic E-state index is 0.0523. The highest BCUT2D eigenvalue weighted by Gasteiger charge is 2.35. The number of carbonyl (C=O) groups excluding carboxylic acids is 1. The van der Waals surface area contributed by atoms with Gasteiger partial charge in [0.25, 0.3) is 0 Å². The quantitative estimate of drug-likeness (QED) is 0.660. The normalized spacial score (nSPS) is 16.9. The number of rotatable bonds is 5. The highest BCUT2D eigenvalue weighted by atomic mass is 35.5. The average Bonchev–Trinajstić information content (AvgIpc) is 2.80. The number of hydrogen-bond donors (Lipinski definition) is 0. The SMILES string of the molecule is CC(C)(CCl)C(=O)N1CCc2nc(Cc3ccc(F)cc3)nc(N3CCOCC3)c2C1. The first-order valence-corrected chi connectivity index (χ1v) is 11.2. The molecule has 1 saturated heterocycles. The van der Waals surface area contributed by atoms with E-state index in [0.717, 1.165) is 35.7 Å². The molecule has 0 radical (unpaired) electrons. The van der Waals surface area contributed by atoms with Gasteiger partial charge in [0, 0.05) is 43.9 Å². The average molecular weight is 447 g/mol. The number of ether oxygens (including phenoxy) is 1. The molecule has 2 aliphatic rings. The van der Waals surface area contributed by atoms with Crippen molar-refractivity contribution in [2.24, 2.45) is 5.41 Å². The van der Waals surface area contributed by atoms with Crippen molar-refractivity contribution in [1.29, 1.82) is 0 Å². The van der Waals surface area contributed by atoms with Gasteiger partial charge in [0.15, 0.2) is 0 Å². The summed E-state index contributed by atoms with van der Waals surface area (Å²) in [6.07, 6.45) is 1.21. The van der Waals surface area contributed by atoms with Gasteiger partial charge in [-0.05, 0) is 31.5 Å². The van der Waals surface area contributed by atoms with Crippen LogP contribution in [0.1, 0.15) is 36.5 Å². The largest absolute Gasteiger partial charge is 0.378 e. The molecule has 1 aromatic heterocycles. The molecule has 2 aromatic rings. The van der Waals surface area contributed by atoms with Crippen LogP contribution in [0.4, 0.5) is 10.2 Å². The molecule has 4 rings (SSSR count). The number of carbonyl (C=O) groups is 1. The maximum atomic E-state index is 13.3. The Morgan fingerprint density at radius 1 is 1.16 bits per heavy atom. The van der Waals surface area contributed by atoms with Gasteiger partial charge in [-0.25, -0.2) is 14.4 Å². The van der Waals surface area contributed by atoms with Crippen LogP contribution in [-0.4, -0.2) is 59.5 Å². The number of benzene rings is 1. The summed E-state index contributed by atoms with van der Waals surface area (Å²) in [4.78, 5) is 26.9. The maximum Gasteiger partial charge on any atom is 0.229 e. The Bertz CT molecular complexity index is 945. The van der Waals surface area contributed by atoms with Gasteiger partial charge in [0.1, 0.15) is 17.5 Å². The molecule has 0 unspecified atom stereocenters. The fourth-order valence-corrected chi connectivity index (χ4v) is 4.12. The number of nitrogens with zero attached hydrogens (tertiary/aromatic N) is 4. The smallest absolute Gasteiger partial charge is 0.229 e. The predicted molar refractivity (Wildman–Crippen MR) is 118 cm³/mol. The fraction of sp³-hybridized carbons (Fsp3) is 0.522. The highest BCUT2D eigenvalue weighted by Crippen LogP contribution is 2.31. The molecule has 2 aliphatic heterocycles. The van der Waals surface area contributed by atoms with E-state index in [1.807, 2.05) is 18.7 Å². The molecule has 8 heteroatoms. The number of fused-ring (bicyclic) bond motifs is 1. The lowest BCUT2D eigenvalue weighted by Crippen LogP contribution is -2.46. The summed E-state index contributed by atoms with van der Waals surface area (Å²) in [5.74, 6) is 1.67. The van der Waals surface area contributed by atoms with Crippen molar-refractivity contribution in [3.8, 4) is 0 Å². The first kappa shape index (κ1) is 22.0. The van der Waals surface area contributed by atoms with Gasteiger partial charge >= 0.3 is 0 Å². The van der Waals surface area contributed by atoms with Crippen LogP contribution in [0.15, 0.2) is 24.3 Å². The Hall–Kier alpha value is -2.25. The molecule has 6 nitrogen and oxygen atoms in total. The molecule has 1 amide bonds. The van der Waals surface area contributed by atoms with Crippen molar-refractivity contribution < 1.29 is 13.9 Å². The molecular weight excluding hydrogens is 419 g/mol. The molecule has 0 aliphatic carbocycles. The minimum Gasteiger partial charge on any atom is -0.378 e.